The summed E-state index contributed by atoms with van der Waals surface area (Å²) in [5, 5.41) is 10.1. The molecule has 0 bridgehead atoms. The molecular weight excluding hydrogens is 321 g/mol. The van der Waals surface area contributed by atoms with Crippen molar-refractivity contribution in [3.63, 3.8) is 0 Å². The number of halogens is 2. The second-order valence-electron chi connectivity index (χ2n) is 4.72. The molecule has 0 spiro atoms. The summed E-state index contributed by atoms with van der Waals surface area (Å²) in [4.78, 5) is 2.08. The largest absolute Gasteiger partial charge is 0.507 e. The van der Waals surface area contributed by atoms with Crippen LogP contribution in [-0.4, -0.2) is 11.7 Å². The molecule has 0 fully saturated rings. The Morgan fingerprint density at radius 1 is 1.20 bits per heavy atom. The standard InChI is InChI=1S/C16H17BrFNO/c1-3-19(15-6-4-14(18)5-7-15)10-12-9-13(17)8-11(2)16(12)20/h4-9,20H,3,10H2,1-2H3. The Kier molecular flexibility index (Phi) is 4.65. The van der Waals surface area contributed by atoms with Crippen molar-refractivity contribution in [2.75, 3.05) is 11.4 Å². The van der Waals surface area contributed by atoms with Gasteiger partial charge < -0.3 is 10.0 Å². The average Bonchev–Trinajstić information content (AvgIpc) is 2.42. The minimum absolute atomic E-state index is 0.244. The normalized spacial score (nSPS) is 10.6. The maximum absolute atomic E-state index is 13.0. The van der Waals surface area contributed by atoms with Gasteiger partial charge in [0, 0.05) is 28.8 Å². The Morgan fingerprint density at radius 2 is 1.85 bits per heavy atom. The van der Waals surface area contributed by atoms with Gasteiger partial charge in [-0.15, -0.1) is 0 Å². The molecule has 4 heteroatoms. The van der Waals surface area contributed by atoms with Gasteiger partial charge in [0.25, 0.3) is 0 Å². The van der Waals surface area contributed by atoms with Crippen LogP contribution in [0.1, 0.15) is 18.1 Å². The van der Waals surface area contributed by atoms with Gasteiger partial charge in [-0.05, 0) is 55.8 Å². The second kappa shape index (κ2) is 6.27. The lowest BCUT2D eigenvalue weighted by atomic mass is 10.1. The summed E-state index contributed by atoms with van der Waals surface area (Å²) < 4.78 is 13.9. The minimum atomic E-state index is -0.244. The molecule has 0 aliphatic heterocycles. The van der Waals surface area contributed by atoms with Crippen molar-refractivity contribution in [3.8, 4) is 5.75 Å². The Bertz CT molecular complexity index is 598. The fourth-order valence-corrected chi connectivity index (χ4v) is 2.79. The van der Waals surface area contributed by atoms with Crippen LogP contribution < -0.4 is 4.90 Å². The molecule has 0 aromatic heterocycles. The van der Waals surface area contributed by atoms with Gasteiger partial charge >= 0.3 is 0 Å². The van der Waals surface area contributed by atoms with E-state index in [2.05, 4.69) is 20.8 Å². The lowest BCUT2D eigenvalue weighted by Crippen LogP contribution is -2.22. The molecule has 0 aliphatic rings. The molecule has 0 heterocycles. The third kappa shape index (κ3) is 3.31. The van der Waals surface area contributed by atoms with E-state index in [4.69, 9.17) is 0 Å². The van der Waals surface area contributed by atoms with Gasteiger partial charge in [0.2, 0.25) is 0 Å². The first-order chi connectivity index (χ1) is 9.51. The SMILES string of the molecule is CCN(Cc1cc(Br)cc(C)c1O)c1ccc(F)cc1. The molecule has 0 amide bonds. The molecule has 2 aromatic carbocycles. The molecule has 0 saturated carbocycles. The van der Waals surface area contributed by atoms with Gasteiger partial charge in [0.05, 0.1) is 0 Å². The van der Waals surface area contributed by atoms with Gasteiger partial charge in [-0.25, -0.2) is 4.39 Å². The van der Waals surface area contributed by atoms with Gasteiger partial charge in [0.15, 0.2) is 0 Å². The van der Waals surface area contributed by atoms with E-state index in [1.165, 1.54) is 12.1 Å². The number of phenolic OH excluding ortho intramolecular Hbond substituents is 1. The van der Waals surface area contributed by atoms with E-state index in [0.29, 0.717) is 12.3 Å². The molecule has 0 radical (unpaired) electrons. The smallest absolute Gasteiger partial charge is 0.123 e. The Balaban J connectivity index is 2.29. The predicted molar refractivity (Wildman–Crippen MR) is 83.7 cm³/mol. The van der Waals surface area contributed by atoms with E-state index in [-0.39, 0.29) is 5.82 Å². The lowest BCUT2D eigenvalue weighted by Gasteiger charge is -2.24. The van der Waals surface area contributed by atoms with Crippen LogP contribution in [0.5, 0.6) is 5.75 Å². The number of anilines is 1. The number of nitrogens with zero attached hydrogens (tertiary/aromatic N) is 1. The summed E-state index contributed by atoms with van der Waals surface area (Å²) in [6, 6.07) is 10.2. The van der Waals surface area contributed by atoms with E-state index < -0.39 is 0 Å². The first-order valence-corrected chi connectivity index (χ1v) is 7.29. The molecule has 0 atom stereocenters. The molecule has 106 valence electrons. The number of phenols is 1. The van der Waals surface area contributed by atoms with Crippen LogP contribution >= 0.6 is 15.9 Å². The third-order valence-electron chi connectivity index (χ3n) is 3.28. The lowest BCUT2D eigenvalue weighted by molar-refractivity contribution is 0.463. The summed E-state index contributed by atoms with van der Waals surface area (Å²) in [5.41, 5.74) is 2.62. The highest BCUT2D eigenvalue weighted by molar-refractivity contribution is 9.10. The van der Waals surface area contributed by atoms with Crippen molar-refractivity contribution in [1.82, 2.24) is 0 Å². The fraction of sp³-hybridized carbons (Fsp3) is 0.250. The highest BCUT2D eigenvalue weighted by Crippen LogP contribution is 2.29. The molecule has 20 heavy (non-hydrogen) atoms. The molecule has 0 unspecified atom stereocenters. The number of benzene rings is 2. The predicted octanol–water partition coefficient (Wildman–Crippen LogP) is 4.63. The monoisotopic (exact) mass is 337 g/mol. The van der Waals surface area contributed by atoms with Gasteiger partial charge in [-0.1, -0.05) is 15.9 Å². The zero-order valence-electron chi connectivity index (χ0n) is 11.5. The number of rotatable bonds is 4. The topological polar surface area (TPSA) is 23.5 Å². The molecule has 2 aromatic rings. The average molecular weight is 338 g/mol. The van der Waals surface area contributed by atoms with Crippen LogP contribution in [0.25, 0.3) is 0 Å². The third-order valence-corrected chi connectivity index (χ3v) is 3.74. The summed E-state index contributed by atoms with van der Waals surface area (Å²) in [5.74, 6) is 0.0692. The zero-order valence-corrected chi connectivity index (χ0v) is 13.1. The highest BCUT2D eigenvalue weighted by Gasteiger charge is 2.11. The quantitative estimate of drug-likeness (QED) is 0.879. The van der Waals surface area contributed by atoms with Crippen molar-refractivity contribution in [2.24, 2.45) is 0 Å². The van der Waals surface area contributed by atoms with E-state index in [9.17, 15) is 9.50 Å². The number of hydrogen-bond donors (Lipinski definition) is 1. The van der Waals surface area contributed by atoms with E-state index in [1.54, 1.807) is 12.1 Å². The van der Waals surface area contributed by atoms with Crippen LogP contribution in [0.4, 0.5) is 10.1 Å². The Labute approximate surface area is 127 Å². The van der Waals surface area contributed by atoms with Gasteiger partial charge in [-0.3, -0.25) is 0 Å². The summed E-state index contributed by atoms with van der Waals surface area (Å²) in [6.07, 6.45) is 0. The first-order valence-electron chi connectivity index (χ1n) is 6.49. The molecule has 0 saturated heterocycles. The van der Waals surface area contributed by atoms with Gasteiger partial charge in [-0.2, -0.15) is 0 Å². The van der Waals surface area contributed by atoms with Crippen molar-refractivity contribution in [1.29, 1.82) is 0 Å². The van der Waals surface area contributed by atoms with Crippen LogP contribution in [-0.2, 0) is 6.54 Å². The van der Waals surface area contributed by atoms with E-state index in [1.807, 2.05) is 26.0 Å². The zero-order chi connectivity index (χ0) is 14.7. The maximum atomic E-state index is 13.0. The van der Waals surface area contributed by atoms with E-state index in [0.717, 1.165) is 27.8 Å². The van der Waals surface area contributed by atoms with Crippen molar-refractivity contribution < 1.29 is 9.50 Å². The Hall–Kier alpha value is -1.55. The summed E-state index contributed by atoms with van der Waals surface area (Å²) in [7, 11) is 0. The molecular formula is C16H17BrFNO. The van der Waals surface area contributed by atoms with Crippen LogP contribution in [0, 0.1) is 12.7 Å². The van der Waals surface area contributed by atoms with Gasteiger partial charge in [0.1, 0.15) is 11.6 Å². The fourth-order valence-electron chi connectivity index (χ4n) is 2.17. The molecule has 1 N–H and O–H groups in total. The van der Waals surface area contributed by atoms with Crippen LogP contribution in [0.2, 0.25) is 0 Å². The second-order valence-corrected chi connectivity index (χ2v) is 5.64. The van der Waals surface area contributed by atoms with Crippen molar-refractivity contribution in [3.05, 3.63) is 57.8 Å². The first kappa shape index (κ1) is 14.9. The van der Waals surface area contributed by atoms with Crippen LogP contribution in [0.15, 0.2) is 40.9 Å². The summed E-state index contributed by atoms with van der Waals surface area (Å²) in [6.45, 7) is 5.26. The van der Waals surface area contributed by atoms with Crippen molar-refractivity contribution >= 4 is 21.6 Å². The highest BCUT2D eigenvalue weighted by atomic mass is 79.9. The van der Waals surface area contributed by atoms with E-state index >= 15 is 0 Å². The number of aromatic hydroxyl groups is 1. The van der Waals surface area contributed by atoms with Crippen LogP contribution in [0.3, 0.4) is 0 Å². The number of aryl methyl sites for hydroxylation is 1. The molecule has 2 nitrogen and oxygen atoms in total. The number of hydrogen-bond acceptors (Lipinski definition) is 2. The molecule has 2 rings (SSSR count). The molecule has 0 aliphatic carbocycles. The Morgan fingerprint density at radius 3 is 2.45 bits per heavy atom. The maximum Gasteiger partial charge on any atom is 0.123 e. The minimum Gasteiger partial charge on any atom is -0.507 e. The summed E-state index contributed by atoms with van der Waals surface area (Å²) >= 11 is 3.45. The van der Waals surface area contributed by atoms with Crippen molar-refractivity contribution in [2.45, 2.75) is 20.4 Å².